The highest BCUT2D eigenvalue weighted by Crippen LogP contribution is 2.25. The quantitative estimate of drug-likeness (QED) is 0.346. The molecule has 6 heteroatoms. The molecule has 0 unspecified atom stereocenters. The van der Waals surface area contributed by atoms with E-state index in [1.54, 1.807) is 12.0 Å². The lowest BCUT2D eigenvalue weighted by Crippen LogP contribution is -2.42. The van der Waals surface area contributed by atoms with Gasteiger partial charge in [0.05, 0.1) is 19.1 Å². The van der Waals surface area contributed by atoms with Crippen molar-refractivity contribution in [2.75, 3.05) is 40.3 Å². The molecule has 1 aliphatic rings. The third-order valence-corrected chi connectivity index (χ3v) is 7.27. The van der Waals surface area contributed by atoms with Crippen LogP contribution < -0.4 is 4.74 Å². The number of aryl methyl sites for hydroxylation is 1. The summed E-state index contributed by atoms with van der Waals surface area (Å²) in [5, 5.41) is 0. The highest BCUT2D eigenvalue weighted by Gasteiger charge is 2.24. The van der Waals surface area contributed by atoms with Crippen LogP contribution in [0.1, 0.15) is 41.3 Å². The molecule has 0 atom stereocenters. The number of ether oxygens (including phenoxy) is 2. The highest BCUT2D eigenvalue weighted by molar-refractivity contribution is 5.96. The fourth-order valence-electron chi connectivity index (χ4n) is 4.94. The number of nitrogens with zero attached hydrogens (tertiary/aromatic N) is 2. The SMILES string of the molecule is CCc1ccc(C(=O)N(C)CCN2CCC(OC(=O)Cc3ccccc3-c3ccccc3)CC2)c(OC)c1. The minimum atomic E-state index is -0.180. The van der Waals surface area contributed by atoms with Gasteiger partial charge in [-0.3, -0.25) is 9.59 Å². The number of amides is 1. The maximum absolute atomic E-state index is 13.0. The van der Waals surface area contributed by atoms with E-state index in [0.29, 0.717) is 17.9 Å². The predicted molar refractivity (Wildman–Crippen MR) is 150 cm³/mol. The molecule has 1 saturated heterocycles. The van der Waals surface area contributed by atoms with Gasteiger partial charge in [-0.15, -0.1) is 0 Å². The average Bonchev–Trinajstić information content (AvgIpc) is 2.96. The molecule has 0 N–H and O–H groups in total. The zero-order valence-electron chi connectivity index (χ0n) is 22.7. The van der Waals surface area contributed by atoms with Crippen molar-refractivity contribution in [1.82, 2.24) is 9.80 Å². The summed E-state index contributed by atoms with van der Waals surface area (Å²) in [6, 6.07) is 23.9. The standard InChI is InChI=1S/C32H38N2O4/c1-4-24-14-15-29(30(22-24)37-3)32(36)33(2)20-21-34-18-16-27(17-19-34)38-31(35)23-26-12-8-9-13-28(26)25-10-6-5-7-11-25/h5-15,22,27H,4,16-21,23H2,1-3H3. The Kier molecular flexibility index (Phi) is 9.55. The lowest BCUT2D eigenvalue weighted by atomic mass is 9.98. The molecule has 1 amide bonds. The van der Waals surface area contributed by atoms with Crippen molar-refractivity contribution in [2.45, 2.75) is 38.7 Å². The van der Waals surface area contributed by atoms with Crippen molar-refractivity contribution >= 4 is 11.9 Å². The maximum atomic E-state index is 13.0. The summed E-state index contributed by atoms with van der Waals surface area (Å²) in [5.41, 5.74) is 4.88. The third-order valence-electron chi connectivity index (χ3n) is 7.27. The summed E-state index contributed by atoms with van der Waals surface area (Å²) in [7, 11) is 3.43. The summed E-state index contributed by atoms with van der Waals surface area (Å²) >= 11 is 0. The first kappa shape index (κ1) is 27.4. The Hall–Kier alpha value is -3.64. The molecule has 1 aliphatic heterocycles. The molecule has 3 aromatic carbocycles. The normalized spacial score (nSPS) is 14.2. The van der Waals surface area contributed by atoms with E-state index >= 15 is 0 Å². The molecular formula is C32H38N2O4. The lowest BCUT2D eigenvalue weighted by molar-refractivity contribution is -0.150. The van der Waals surface area contributed by atoms with Gasteiger partial charge in [0, 0.05) is 33.2 Å². The van der Waals surface area contributed by atoms with E-state index in [4.69, 9.17) is 9.47 Å². The summed E-state index contributed by atoms with van der Waals surface area (Å²) in [6.45, 7) is 5.17. The highest BCUT2D eigenvalue weighted by atomic mass is 16.5. The number of carbonyl (C=O) groups is 2. The molecule has 0 aliphatic carbocycles. The van der Waals surface area contributed by atoms with Gasteiger partial charge in [0.1, 0.15) is 11.9 Å². The van der Waals surface area contributed by atoms with Crippen LogP contribution in [-0.2, 0) is 22.4 Å². The number of benzene rings is 3. The molecule has 0 bridgehead atoms. The Labute approximate surface area is 226 Å². The average molecular weight is 515 g/mol. The number of methoxy groups -OCH3 is 1. The number of piperidine rings is 1. The molecule has 3 aromatic rings. The number of hydrogen-bond acceptors (Lipinski definition) is 5. The van der Waals surface area contributed by atoms with E-state index in [1.807, 2.05) is 61.6 Å². The second-order valence-corrected chi connectivity index (χ2v) is 9.85. The minimum Gasteiger partial charge on any atom is -0.496 e. The van der Waals surface area contributed by atoms with E-state index < -0.39 is 0 Å². The van der Waals surface area contributed by atoms with Crippen molar-refractivity contribution in [3.8, 4) is 16.9 Å². The van der Waals surface area contributed by atoms with Crippen LogP contribution in [0.3, 0.4) is 0 Å². The Morgan fingerprint density at radius 2 is 1.68 bits per heavy atom. The van der Waals surface area contributed by atoms with Crippen LogP contribution >= 0.6 is 0 Å². The van der Waals surface area contributed by atoms with Crippen LogP contribution in [0.2, 0.25) is 0 Å². The van der Waals surface area contributed by atoms with Crippen LogP contribution in [0.25, 0.3) is 11.1 Å². The lowest BCUT2D eigenvalue weighted by Gasteiger charge is -2.32. The van der Waals surface area contributed by atoms with E-state index in [2.05, 4.69) is 30.0 Å². The second-order valence-electron chi connectivity index (χ2n) is 9.85. The molecule has 0 aromatic heterocycles. The van der Waals surface area contributed by atoms with Gasteiger partial charge in [-0.25, -0.2) is 0 Å². The van der Waals surface area contributed by atoms with Crippen LogP contribution in [-0.4, -0.2) is 68.1 Å². The molecule has 4 rings (SSSR count). The number of rotatable bonds is 10. The van der Waals surface area contributed by atoms with Gasteiger partial charge in [-0.05, 0) is 53.6 Å². The number of esters is 1. The zero-order valence-corrected chi connectivity index (χ0v) is 22.7. The van der Waals surface area contributed by atoms with E-state index in [1.165, 1.54) is 0 Å². The molecule has 200 valence electrons. The van der Waals surface area contributed by atoms with Crippen molar-refractivity contribution < 1.29 is 19.1 Å². The number of likely N-dealkylation sites (tertiary alicyclic amines) is 1. The van der Waals surface area contributed by atoms with Gasteiger partial charge in [0.2, 0.25) is 0 Å². The molecule has 38 heavy (non-hydrogen) atoms. The van der Waals surface area contributed by atoms with Crippen molar-refractivity contribution in [3.05, 3.63) is 89.5 Å². The van der Waals surface area contributed by atoms with Gasteiger partial charge in [-0.2, -0.15) is 0 Å². The minimum absolute atomic E-state index is 0.0379. The van der Waals surface area contributed by atoms with E-state index in [0.717, 1.165) is 61.2 Å². The van der Waals surface area contributed by atoms with Crippen molar-refractivity contribution in [3.63, 3.8) is 0 Å². The molecule has 0 radical (unpaired) electrons. The van der Waals surface area contributed by atoms with Gasteiger partial charge < -0.3 is 19.3 Å². The van der Waals surface area contributed by atoms with Crippen LogP contribution in [0.15, 0.2) is 72.8 Å². The number of likely N-dealkylation sites (N-methyl/N-ethyl adjacent to an activating group) is 1. The fraction of sp³-hybridized carbons (Fsp3) is 0.375. The molecule has 0 saturated carbocycles. The van der Waals surface area contributed by atoms with Gasteiger partial charge in [-0.1, -0.05) is 67.6 Å². The van der Waals surface area contributed by atoms with Gasteiger partial charge >= 0.3 is 5.97 Å². The topological polar surface area (TPSA) is 59.1 Å². The van der Waals surface area contributed by atoms with Gasteiger partial charge in [0.25, 0.3) is 5.91 Å². The second kappa shape index (κ2) is 13.2. The molecular weight excluding hydrogens is 476 g/mol. The van der Waals surface area contributed by atoms with E-state index in [-0.39, 0.29) is 24.4 Å². The van der Waals surface area contributed by atoms with Crippen LogP contribution in [0.4, 0.5) is 0 Å². The Morgan fingerprint density at radius 1 is 0.974 bits per heavy atom. The smallest absolute Gasteiger partial charge is 0.310 e. The van der Waals surface area contributed by atoms with Gasteiger partial charge in [0.15, 0.2) is 0 Å². The Bertz CT molecular complexity index is 1220. The van der Waals surface area contributed by atoms with Crippen LogP contribution in [0.5, 0.6) is 5.75 Å². The molecule has 1 heterocycles. The summed E-state index contributed by atoms with van der Waals surface area (Å²) in [5.74, 6) is 0.402. The molecule has 0 spiro atoms. The number of carbonyl (C=O) groups excluding carboxylic acids is 2. The first-order valence-corrected chi connectivity index (χ1v) is 13.5. The van der Waals surface area contributed by atoms with E-state index in [9.17, 15) is 9.59 Å². The zero-order chi connectivity index (χ0) is 26.9. The molecule has 1 fully saturated rings. The number of hydrogen-bond donors (Lipinski definition) is 0. The maximum Gasteiger partial charge on any atom is 0.310 e. The fourth-order valence-corrected chi connectivity index (χ4v) is 4.94. The Balaban J connectivity index is 1.23. The Morgan fingerprint density at radius 3 is 2.39 bits per heavy atom. The predicted octanol–water partition coefficient (Wildman–Crippen LogP) is 5.25. The van der Waals surface area contributed by atoms with Crippen LogP contribution in [0, 0.1) is 0 Å². The first-order chi connectivity index (χ1) is 18.5. The summed E-state index contributed by atoms with van der Waals surface area (Å²) in [6.07, 6.45) is 2.70. The summed E-state index contributed by atoms with van der Waals surface area (Å²) < 4.78 is 11.3. The molecule has 6 nitrogen and oxygen atoms in total. The third kappa shape index (κ3) is 7.01. The largest absolute Gasteiger partial charge is 0.496 e. The van der Waals surface area contributed by atoms with Crippen molar-refractivity contribution in [1.29, 1.82) is 0 Å². The summed E-state index contributed by atoms with van der Waals surface area (Å²) in [4.78, 5) is 29.9. The monoisotopic (exact) mass is 514 g/mol. The first-order valence-electron chi connectivity index (χ1n) is 13.5. The van der Waals surface area contributed by atoms with Crippen molar-refractivity contribution in [2.24, 2.45) is 0 Å².